The van der Waals surface area contributed by atoms with Crippen LogP contribution in [-0.2, 0) is 17.1 Å². The van der Waals surface area contributed by atoms with Crippen LogP contribution in [0.2, 0.25) is 5.02 Å². The highest BCUT2D eigenvalue weighted by Crippen LogP contribution is 2.25. The second-order valence-electron chi connectivity index (χ2n) is 3.87. The van der Waals surface area contributed by atoms with E-state index >= 15 is 0 Å². The lowest BCUT2D eigenvalue weighted by molar-refractivity contribution is 0.580. The molecular formula is C10H11ClN4O2S. The zero-order valence-corrected chi connectivity index (χ0v) is 11.3. The van der Waals surface area contributed by atoms with Crippen molar-refractivity contribution >= 4 is 21.6 Å². The van der Waals surface area contributed by atoms with Gasteiger partial charge in [-0.1, -0.05) is 11.6 Å². The van der Waals surface area contributed by atoms with Crippen molar-refractivity contribution in [3.05, 3.63) is 28.8 Å². The SMILES string of the molecule is Cc1cc(Cl)ccc1-c1nnc(S(N)(=O)=O)n1C. The van der Waals surface area contributed by atoms with Gasteiger partial charge in [-0.15, -0.1) is 10.2 Å². The minimum atomic E-state index is -3.88. The zero-order chi connectivity index (χ0) is 13.5. The van der Waals surface area contributed by atoms with Crippen molar-refractivity contribution in [2.24, 2.45) is 12.2 Å². The van der Waals surface area contributed by atoms with Gasteiger partial charge in [0.2, 0.25) is 0 Å². The number of rotatable bonds is 2. The number of aromatic nitrogens is 3. The van der Waals surface area contributed by atoms with E-state index in [1.165, 1.54) is 4.57 Å². The highest BCUT2D eigenvalue weighted by atomic mass is 35.5. The summed E-state index contributed by atoms with van der Waals surface area (Å²) in [6, 6.07) is 5.23. The van der Waals surface area contributed by atoms with Gasteiger partial charge in [-0.2, -0.15) is 0 Å². The fourth-order valence-corrected chi connectivity index (χ4v) is 2.52. The molecule has 96 valence electrons. The molecule has 0 amide bonds. The van der Waals surface area contributed by atoms with Gasteiger partial charge in [0, 0.05) is 17.6 Å². The maximum atomic E-state index is 11.3. The predicted molar refractivity (Wildman–Crippen MR) is 67.6 cm³/mol. The van der Waals surface area contributed by atoms with Gasteiger partial charge >= 0.3 is 0 Å². The van der Waals surface area contributed by atoms with E-state index in [0.29, 0.717) is 10.8 Å². The van der Waals surface area contributed by atoms with Gasteiger partial charge in [0.25, 0.3) is 15.2 Å². The van der Waals surface area contributed by atoms with Crippen LogP contribution in [0.3, 0.4) is 0 Å². The average molecular weight is 287 g/mol. The van der Waals surface area contributed by atoms with Crippen molar-refractivity contribution in [1.29, 1.82) is 0 Å². The topological polar surface area (TPSA) is 90.9 Å². The Morgan fingerprint density at radius 1 is 1.33 bits per heavy atom. The van der Waals surface area contributed by atoms with Gasteiger partial charge in [-0.25, -0.2) is 13.6 Å². The molecule has 0 spiro atoms. The molecule has 0 aliphatic heterocycles. The molecule has 0 aliphatic carbocycles. The number of benzene rings is 1. The standard InChI is InChI=1S/C10H11ClN4O2S/c1-6-5-7(11)3-4-8(6)9-13-14-10(15(9)2)18(12,16)17/h3-5H,1-2H3,(H2,12,16,17). The van der Waals surface area contributed by atoms with E-state index in [-0.39, 0.29) is 5.16 Å². The number of nitrogens with two attached hydrogens (primary N) is 1. The number of primary sulfonamides is 1. The summed E-state index contributed by atoms with van der Waals surface area (Å²) in [5.41, 5.74) is 1.63. The van der Waals surface area contributed by atoms with E-state index in [1.54, 1.807) is 25.2 Å². The quantitative estimate of drug-likeness (QED) is 0.894. The Kier molecular flexibility index (Phi) is 3.14. The largest absolute Gasteiger partial charge is 0.300 e. The van der Waals surface area contributed by atoms with E-state index < -0.39 is 10.0 Å². The Morgan fingerprint density at radius 3 is 2.50 bits per heavy atom. The molecule has 0 bridgehead atoms. The molecule has 1 aromatic heterocycles. The molecule has 0 saturated carbocycles. The van der Waals surface area contributed by atoms with Crippen molar-refractivity contribution in [2.75, 3.05) is 0 Å². The van der Waals surface area contributed by atoms with Gasteiger partial charge < -0.3 is 0 Å². The lowest BCUT2D eigenvalue weighted by Gasteiger charge is -2.06. The molecular weight excluding hydrogens is 276 g/mol. The van der Waals surface area contributed by atoms with Gasteiger partial charge in [0.05, 0.1) is 0 Å². The highest BCUT2D eigenvalue weighted by Gasteiger charge is 2.20. The normalized spacial score (nSPS) is 11.8. The third-order valence-electron chi connectivity index (χ3n) is 2.52. The maximum Gasteiger partial charge on any atom is 0.273 e. The van der Waals surface area contributed by atoms with Crippen LogP contribution in [0.15, 0.2) is 23.4 Å². The molecule has 2 aromatic rings. The second kappa shape index (κ2) is 4.34. The van der Waals surface area contributed by atoms with E-state index in [1.807, 2.05) is 6.92 Å². The maximum absolute atomic E-state index is 11.3. The number of hydrogen-bond donors (Lipinski definition) is 1. The van der Waals surface area contributed by atoms with Crippen LogP contribution < -0.4 is 5.14 Å². The number of sulfonamides is 1. The predicted octanol–water partition coefficient (Wildman–Crippen LogP) is 1.09. The Bertz CT molecular complexity index is 709. The summed E-state index contributed by atoms with van der Waals surface area (Å²) < 4.78 is 23.9. The van der Waals surface area contributed by atoms with Crippen LogP contribution in [0.4, 0.5) is 0 Å². The number of aryl methyl sites for hydroxylation is 1. The third-order valence-corrected chi connectivity index (χ3v) is 3.62. The molecule has 0 aliphatic rings. The molecule has 0 atom stereocenters. The van der Waals surface area contributed by atoms with Gasteiger partial charge in [-0.05, 0) is 30.7 Å². The van der Waals surface area contributed by atoms with Crippen molar-refractivity contribution in [1.82, 2.24) is 14.8 Å². The second-order valence-corrected chi connectivity index (χ2v) is 5.76. The van der Waals surface area contributed by atoms with Crippen LogP contribution in [0, 0.1) is 6.92 Å². The minimum absolute atomic E-state index is 0.271. The molecule has 6 nitrogen and oxygen atoms in total. The van der Waals surface area contributed by atoms with Gasteiger partial charge in [-0.3, -0.25) is 4.57 Å². The molecule has 1 aromatic carbocycles. The fraction of sp³-hybridized carbons (Fsp3) is 0.200. The van der Waals surface area contributed by atoms with Crippen molar-refractivity contribution in [3.63, 3.8) is 0 Å². The van der Waals surface area contributed by atoms with Crippen LogP contribution in [0.25, 0.3) is 11.4 Å². The average Bonchev–Trinajstić information content (AvgIpc) is 2.60. The first-order chi connectivity index (χ1) is 8.30. The van der Waals surface area contributed by atoms with Crippen LogP contribution >= 0.6 is 11.6 Å². The Labute approximate surface area is 109 Å². The summed E-state index contributed by atoms with van der Waals surface area (Å²) in [5.74, 6) is 0.424. The minimum Gasteiger partial charge on any atom is -0.300 e. The summed E-state index contributed by atoms with van der Waals surface area (Å²) in [4.78, 5) is 0. The van der Waals surface area contributed by atoms with Crippen LogP contribution in [0.1, 0.15) is 5.56 Å². The molecule has 0 unspecified atom stereocenters. The summed E-state index contributed by atoms with van der Waals surface area (Å²) >= 11 is 5.86. The van der Waals surface area contributed by atoms with Gasteiger partial charge in [0.1, 0.15) is 0 Å². The molecule has 0 saturated heterocycles. The van der Waals surface area contributed by atoms with Gasteiger partial charge in [0.15, 0.2) is 5.82 Å². The number of hydrogen-bond acceptors (Lipinski definition) is 4. The molecule has 2 N–H and O–H groups in total. The molecule has 0 fully saturated rings. The Morgan fingerprint density at radius 2 is 2.00 bits per heavy atom. The van der Waals surface area contributed by atoms with E-state index in [2.05, 4.69) is 10.2 Å². The monoisotopic (exact) mass is 286 g/mol. The first-order valence-electron chi connectivity index (χ1n) is 4.99. The molecule has 1 heterocycles. The molecule has 18 heavy (non-hydrogen) atoms. The first-order valence-corrected chi connectivity index (χ1v) is 6.92. The molecule has 0 radical (unpaired) electrons. The Balaban J connectivity index is 2.63. The van der Waals surface area contributed by atoms with E-state index in [4.69, 9.17) is 16.7 Å². The third kappa shape index (κ3) is 2.24. The first kappa shape index (κ1) is 13.0. The van der Waals surface area contributed by atoms with Crippen LogP contribution in [-0.4, -0.2) is 23.2 Å². The van der Waals surface area contributed by atoms with Crippen LogP contribution in [0.5, 0.6) is 0 Å². The summed E-state index contributed by atoms with van der Waals surface area (Å²) in [6.45, 7) is 1.85. The smallest absolute Gasteiger partial charge is 0.273 e. The Hall–Kier alpha value is -1.44. The van der Waals surface area contributed by atoms with Crippen molar-refractivity contribution < 1.29 is 8.42 Å². The van der Waals surface area contributed by atoms with E-state index in [0.717, 1.165) is 11.1 Å². The number of nitrogens with zero attached hydrogens (tertiary/aromatic N) is 3. The lowest BCUT2D eigenvalue weighted by Crippen LogP contribution is -2.17. The van der Waals surface area contributed by atoms with Crippen molar-refractivity contribution in [3.8, 4) is 11.4 Å². The highest BCUT2D eigenvalue weighted by molar-refractivity contribution is 7.89. The summed E-state index contributed by atoms with van der Waals surface area (Å²) in [7, 11) is -2.33. The number of halogens is 1. The van der Waals surface area contributed by atoms with Crippen molar-refractivity contribution in [2.45, 2.75) is 12.1 Å². The molecule has 8 heteroatoms. The lowest BCUT2D eigenvalue weighted by atomic mass is 10.1. The summed E-state index contributed by atoms with van der Waals surface area (Å²) in [6.07, 6.45) is 0. The molecule has 2 rings (SSSR count). The summed E-state index contributed by atoms with van der Waals surface area (Å²) in [5, 5.41) is 12.8. The van der Waals surface area contributed by atoms with E-state index in [9.17, 15) is 8.42 Å². The zero-order valence-electron chi connectivity index (χ0n) is 9.75. The fourth-order valence-electron chi connectivity index (χ4n) is 1.68.